The fourth-order valence-electron chi connectivity index (χ4n) is 3.49. The summed E-state index contributed by atoms with van der Waals surface area (Å²) in [5.41, 5.74) is 3.56. The van der Waals surface area contributed by atoms with Gasteiger partial charge in [0.2, 0.25) is 0 Å². The summed E-state index contributed by atoms with van der Waals surface area (Å²) < 4.78 is 5.45. The van der Waals surface area contributed by atoms with Crippen LogP contribution in [0.5, 0.6) is 5.75 Å². The maximum absolute atomic E-state index is 13.4. The molecule has 24 heavy (non-hydrogen) atoms. The van der Waals surface area contributed by atoms with Crippen LogP contribution in [-0.2, 0) is 6.42 Å². The third kappa shape index (κ3) is 2.14. The highest BCUT2D eigenvalue weighted by atomic mass is 16.5. The smallest absolute Gasteiger partial charge is 0.263 e. The largest absolute Gasteiger partial charge is 0.494 e. The van der Waals surface area contributed by atoms with Crippen molar-refractivity contribution in [3.63, 3.8) is 0 Å². The molecule has 2 aromatic carbocycles. The summed E-state index contributed by atoms with van der Waals surface area (Å²) in [5, 5.41) is 0.818. The van der Waals surface area contributed by atoms with Crippen LogP contribution in [0.1, 0.15) is 22.8 Å². The van der Waals surface area contributed by atoms with Crippen molar-refractivity contribution in [3.05, 3.63) is 65.9 Å². The quantitative estimate of drug-likeness (QED) is 0.721. The van der Waals surface area contributed by atoms with Gasteiger partial charge in [-0.05, 0) is 31.0 Å². The number of para-hydroxylation sites is 2. The first-order valence-electron chi connectivity index (χ1n) is 8.04. The molecule has 120 valence electrons. The minimum absolute atomic E-state index is 0.0390. The van der Waals surface area contributed by atoms with E-state index in [4.69, 9.17) is 4.74 Å². The van der Waals surface area contributed by atoms with E-state index in [1.165, 1.54) is 5.56 Å². The molecule has 0 bridgehead atoms. The lowest BCUT2D eigenvalue weighted by molar-refractivity contribution is 0.0980. The Morgan fingerprint density at radius 2 is 1.92 bits per heavy atom. The zero-order valence-electron chi connectivity index (χ0n) is 13.7. The van der Waals surface area contributed by atoms with E-state index in [9.17, 15) is 4.79 Å². The number of anilines is 1. The summed E-state index contributed by atoms with van der Waals surface area (Å²) in [5.74, 6) is 0.471. The van der Waals surface area contributed by atoms with Crippen molar-refractivity contribution in [1.82, 2.24) is 4.98 Å². The number of carbonyl (C=O) groups excluding carboxylic acids is 1. The summed E-state index contributed by atoms with van der Waals surface area (Å²) in [4.78, 5) is 19.7. The molecule has 0 saturated heterocycles. The van der Waals surface area contributed by atoms with Crippen LogP contribution in [-0.4, -0.2) is 24.0 Å². The zero-order chi connectivity index (χ0) is 16.7. The van der Waals surface area contributed by atoms with Crippen molar-refractivity contribution in [1.29, 1.82) is 0 Å². The van der Waals surface area contributed by atoms with Gasteiger partial charge in [0, 0.05) is 17.1 Å². The van der Waals surface area contributed by atoms with Crippen LogP contribution in [0.2, 0.25) is 0 Å². The van der Waals surface area contributed by atoms with Crippen molar-refractivity contribution >= 4 is 22.5 Å². The normalized spacial score (nSPS) is 16.2. The van der Waals surface area contributed by atoms with Gasteiger partial charge in [-0.3, -0.25) is 9.78 Å². The van der Waals surface area contributed by atoms with E-state index in [0.717, 1.165) is 23.0 Å². The predicted molar refractivity (Wildman–Crippen MR) is 94.7 cm³/mol. The van der Waals surface area contributed by atoms with E-state index in [1.807, 2.05) is 47.4 Å². The molecule has 4 rings (SSSR count). The second-order valence-electron chi connectivity index (χ2n) is 6.08. The molecule has 0 aliphatic carbocycles. The number of aromatic nitrogens is 1. The van der Waals surface area contributed by atoms with Crippen molar-refractivity contribution in [2.75, 3.05) is 12.0 Å². The van der Waals surface area contributed by atoms with E-state index in [2.05, 4.69) is 18.0 Å². The van der Waals surface area contributed by atoms with Crippen molar-refractivity contribution in [3.8, 4) is 5.75 Å². The Hall–Kier alpha value is -2.88. The molecule has 1 unspecified atom stereocenters. The number of carbonyl (C=O) groups is 1. The van der Waals surface area contributed by atoms with Gasteiger partial charge < -0.3 is 9.64 Å². The van der Waals surface area contributed by atoms with Gasteiger partial charge in [0.05, 0.1) is 24.4 Å². The Bertz CT molecular complexity index is 936. The maximum atomic E-state index is 13.4. The number of ether oxygens (including phenoxy) is 1. The number of nitrogens with zero attached hydrogens (tertiary/aromatic N) is 2. The molecule has 1 aromatic heterocycles. The molecule has 4 heteroatoms. The lowest BCUT2D eigenvalue weighted by Gasteiger charge is -2.24. The average Bonchev–Trinajstić information content (AvgIpc) is 2.95. The highest BCUT2D eigenvalue weighted by molar-refractivity contribution is 6.16. The molecule has 0 saturated carbocycles. The highest BCUT2D eigenvalue weighted by Crippen LogP contribution is 2.36. The van der Waals surface area contributed by atoms with Gasteiger partial charge in [-0.1, -0.05) is 36.4 Å². The molecular formula is C20H18N2O2. The third-order valence-corrected chi connectivity index (χ3v) is 4.60. The van der Waals surface area contributed by atoms with Gasteiger partial charge in [-0.25, -0.2) is 0 Å². The van der Waals surface area contributed by atoms with Gasteiger partial charge in [-0.2, -0.15) is 0 Å². The second kappa shape index (κ2) is 5.64. The summed E-state index contributed by atoms with van der Waals surface area (Å²) in [6.45, 7) is 2.08. The lowest BCUT2D eigenvalue weighted by atomic mass is 10.1. The van der Waals surface area contributed by atoms with Gasteiger partial charge in [0.25, 0.3) is 5.91 Å². The Kier molecular flexibility index (Phi) is 3.45. The number of hydrogen-bond acceptors (Lipinski definition) is 3. The van der Waals surface area contributed by atoms with Gasteiger partial charge in [0.15, 0.2) is 5.75 Å². The number of rotatable bonds is 2. The summed E-state index contributed by atoms with van der Waals surface area (Å²) in [6, 6.07) is 15.9. The van der Waals surface area contributed by atoms with E-state index in [-0.39, 0.29) is 11.9 Å². The number of fused-ring (bicyclic) bond motifs is 2. The van der Waals surface area contributed by atoms with Crippen LogP contribution in [0.3, 0.4) is 0 Å². The molecule has 4 nitrogen and oxygen atoms in total. The first kappa shape index (κ1) is 14.7. The predicted octanol–water partition coefficient (Wildman–Crippen LogP) is 3.83. The standard InChI is InChI=1S/C20H18N2O2/c1-13-11-14-7-3-6-10-17(14)22(13)20(23)19-15-8-4-5-9-16(15)21-12-18(19)24-2/h3-10,12-13H,11H2,1-2H3. The van der Waals surface area contributed by atoms with Gasteiger partial charge >= 0.3 is 0 Å². The molecule has 1 amide bonds. The Labute approximate surface area is 140 Å². The van der Waals surface area contributed by atoms with Crippen molar-refractivity contribution < 1.29 is 9.53 Å². The Morgan fingerprint density at radius 3 is 2.75 bits per heavy atom. The van der Waals surface area contributed by atoms with E-state index >= 15 is 0 Å². The molecular weight excluding hydrogens is 300 g/mol. The van der Waals surface area contributed by atoms with E-state index < -0.39 is 0 Å². The molecule has 3 aromatic rings. The van der Waals surface area contributed by atoms with Crippen LogP contribution in [0.15, 0.2) is 54.7 Å². The molecule has 1 atom stereocenters. The maximum Gasteiger partial charge on any atom is 0.263 e. The minimum atomic E-state index is -0.0390. The highest BCUT2D eigenvalue weighted by Gasteiger charge is 2.33. The van der Waals surface area contributed by atoms with Crippen LogP contribution in [0, 0.1) is 0 Å². The molecule has 0 radical (unpaired) electrons. The van der Waals surface area contributed by atoms with Crippen LogP contribution in [0.4, 0.5) is 5.69 Å². The number of amides is 1. The lowest BCUT2D eigenvalue weighted by Crippen LogP contribution is -2.36. The molecule has 0 spiro atoms. The number of benzene rings is 2. The van der Waals surface area contributed by atoms with Gasteiger partial charge in [0.1, 0.15) is 0 Å². The topological polar surface area (TPSA) is 42.4 Å². The second-order valence-corrected chi connectivity index (χ2v) is 6.08. The SMILES string of the molecule is COc1cnc2ccccc2c1C(=O)N1c2ccccc2CC1C. The fourth-order valence-corrected chi connectivity index (χ4v) is 3.49. The summed E-state index contributed by atoms with van der Waals surface area (Å²) in [6.07, 6.45) is 2.50. The van der Waals surface area contributed by atoms with Crippen molar-refractivity contribution in [2.45, 2.75) is 19.4 Å². The van der Waals surface area contributed by atoms with Crippen molar-refractivity contribution in [2.24, 2.45) is 0 Å². The number of hydrogen-bond donors (Lipinski definition) is 0. The minimum Gasteiger partial charge on any atom is -0.494 e. The molecule has 0 N–H and O–H groups in total. The van der Waals surface area contributed by atoms with Crippen LogP contribution >= 0.6 is 0 Å². The molecule has 2 heterocycles. The Morgan fingerprint density at radius 1 is 1.17 bits per heavy atom. The fraction of sp³-hybridized carbons (Fsp3) is 0.200. The number of pyridine rings is 1. The van der Waals surface area contributed by atoms with E-state index in [1.54, 1.807) is 13.3 Å². The summed E-state index contributed by atoms with van der Waals surface area (Å²) >= 11 is 0. The van der Waals surface area contributed by atoms with Gasteiger partial charge in [-0.15, -0.1) is 0 Å². The Balaban J connectivity index is 1.90. The summed E-state index contributed by atoms with van der Waals surface area (Å²) in [7, 11) is 1.57. The average molecular weight is 318 g/mol. The van der Waals surface area contributed by atoms with Crippen LogP contribution < -0.4 is 9.64 Å². The first-order chi connectivity index (χ1) is 11.7. The van der Waals surface area contributed by atoms with Crippen LogP contribution in [0.25, 0.3) is 10.9 Å². The first-order valence-corrected chi connectivity index (χ1v) is 8.04. The monoisotopic (exact) mass is 318 g/mol. The molecule has 1 aliphatic rings. The van der Waals surface area contributed by atoms with E-state index in [0.29, 0.717) is 11.3 Å². The molecule has 1 aliphatic heterocycles. The zero-order valence-corrected chi connectivity index (χ0v) is 13.7. The third-order valence-electron chi connectivity index (χ3n) is 4.60. The molecule has 0 fully saturated rings. The number of methoxy groups -OCH3 is 1.